The van der Waals surface area contributed by atoms with Crippen LogP contribution in [-0.2, 0) is 16.0 Å². The van der Waals surface area contributed by atoms with Crippen molar-refractivity contribution in [3.8, 4) is 11.4 Å². The normalized spacial score (nSPS) is 11.9. The largest absolute Gasteiger partial charge is 0.480 e. The smallest absolute Gasteiger partial charge is 0.325 e. The Morgan fingerprint density at radius 2 is 2.04 bits per heavy atom. The van der Waals surface area contributed by atoms with Crippen molar-refractivity contribution in [3.05, 3.63) is 36.0 Å². The number of aliphatic carboxylic acids is 1. The van der Waals surface area contributed by atoms with Crippen molar-refractivity contribution in [3.63, 3.8) is 0 Å². The molecule has 2 N–H and O–H groups in total. The molecule has 0 fully saturated rings. The van der Waals surface area contributed by atoms with Crippen LogP contribution in [0.25, 0.3) is 11.4 Å². The Morgan fingerprint density at radius 1 is 1.35 bits per heavy atom. The Morgan fingerprint density at radius 3 is 2.70 bits per heavy atom. The first kappa shape index (κ1) is 16.6. The minimum atomic E-state index is -1.08. The van der Waals surface area contributed by atoms with Gasteiger partial charge in [-0.15, -0.1) is 0 Å². The summed E-state index contributed by atoms with van der Waals surface area (Å²) in [5.41, 5.74) is 0.634. The van der Waals surface area contributed by atoms with E-state index in [2.05, 4.69) is 15.5 Å². The van der Waals surface area contributed by atoms with Crippen LogP contribution in [0.1, 0.15) is 25.7 Å². The molecule has 0 bridgehead atoms. The SMILES string of the molecule is CC(NC(=O)CCCc1nc(-c2ccc(F)cc2)no1)C(=O)O. The van der Waals surface area contributed by atoms with E-state index in [-0.39, 0.29) is 18.1 Å². The number of carboxylic acids is 1. The van der Waals surface area contributed by atoms with Crippen molar-refractivity contribution in [1.82, 2.24) is 15.5 Å². The number of hydrogen-bond acceptors (Lipinski definition) is 5. The summed E-state index contributed by atoms with van der Waals surface area (Å²) in [5.74, 6) is -1.07. The summed E-state index contributed by atoms with van der Waals surface area (Å²) in [7, 11) is 0. The van der Waals surface area contributed by atoms with E-state index in [4.69, 9.17) is 9.63 Å². The van der Waals surface area contributed by atoms with Crippen LogP contribution in [0.15, 0.2) is 28.8 Å². The fourth-order valence-corrected chi connectivity index (χ4v) is 1.85. The summed E-state index contributed by atoms with van der Waals surface area (Å²) in [5, 5.41) is 14.9. The third kappa shape index (κ3) is 4.87. The lowest BCUT2D eigenvalue weighted by molar-refractivity contribution is -0.141. The van der Waals surface area contributed by atoms with Crippen LogP contribution >= 0.6 is 0 Å². The zero-order valence-electron chi connectivity index (χ0n) is 12.5. The number of halogens is 1. The molecule has 7 nitrogen and oxygen atoms in total. The van der Waals surface area contributed by atoms with Crippen molar-refractivity contribution in [2.45, 2.75) is 32.2 Å². The molecule has 2 rings (SSSR count). The van der Waals surface area contributed by atoms with Crippen LogP contribution in [0, 0.1) is 5.82 Å². The van der Waals surface area contributed by atoms with Gasteiger partial charge in [-0.05, 0) is 37.6 Å². The molecule has 0 spiro atoms. The van der Waals surface area contributed by atoms with Crippen LogP contribution in [0.5, 0.6) is 0 Å². The highest BCUT2D eigenvalue weighted by atomic mass is 19.1. The summed E-state index contributed by atoms with van der Waals surface area (Å²) >= 11 is 0. The molecule has 0 aliphatic carbocycles. The van der Waals surface area contributed by atoms with Gasteiger partial charge in [0.2, 0.25) is 17.6 Å². The number of nitrogens with zero attached hydrogens (tertiary/aromatic N) is 2. The topological polar surface area (TPSA) is 105 Å². The van der Waals surface area contributed by atoms with E-state index in [1.54, 1.807) is 12.1 Å². The van der Waals surface area contributed by atoms with E-state index in [1.807, 2.05) is 0 Å². The molecule has 1 amide bonds. The monoisotopic (exact) mass is 321 g/mol. The van der Waals surface area contributed by atoms with Crippen molar-refractivity contribution >= 4 is 11.9 Å². The number of benzene rings is 1. The predicted octanol–water partition coefficient (Wildman–Crippen LogP) is 1.79. The zero-order chi connectivity index (χ0) is 16.8. The first-order valence-electron chi connectivity index (χ1n) is 7.06. The lowest BCUT2D eigenvalue weighted by Crippen LogP contribution is -2.38. The van der Waals surface area contributed by atoms with E-state index in [9.17, 15) is 14.0 Å². The summed E-state index contributed by atoms with van der Waals surface area (Å²) in [6.45, 7) is 1.40. The van der Waals surface area contributed by atoms with Gasteiger partial charge in [0, 0.05) is 18.4 Å². The quantitative estimate of drug-likeness (QED) is 0.805. The number of carbonyl (C=O) groups excluding carboxylic acids is 1. The molecule has 0 radical (unpaired) electrons. The Kier molecular flexibility index (Phi) is 5.40. The van der Waals surface area contributed by atoms with Crippen molar-refractivity contribution in [1.29, 1.82) is 0 Å². The van der Waals surface area contributed by atoms with Crippen LogP contribution in [-0.4, -0.2) is 33.2 Å². The third-order valence-electron chi connectivity index (χ3n) is 3.11. The van der Waals surface area contributed by atoms with Gasteiger partial charge in [0.1, 0.15) is 11.9 Å². The molecule has 1 heterocycles. The summed E-state index contributed by atoms with van der Waals surface area (Å²) in [4.78, 5) is 26.3. The van der Waals surface area contributed by atoms with Crippen LogP contribution in [0.4, 0.5) is 4.39 Å². The minimum Gasteiger partial charge on any atom is -0.480 e. The van der Waals surface area contributed by atoms with Gasteiger partial charge in [-0.3, -0.25) is 9.59 Å². The molecule has 0 aliphatic rings. The molecule has 2 aromatic rings. The van der Waals surface area contributed by atoms with Crippen LogP contribution in [0.3, 0.4) is 0 Å². The molecule has 8 heteroatoms. The standard InChI is InChI=1S/C15H16FN3O4/c1-9(15(21)22)17-12(20)3-2-4-13-18-14(19-23-13)10-5-7-11(16)8-6-10/h5-9H,2-4H2,1H3,(H,17,20)(H,21,22). The number of rotatable bonds is 7. The fourth-order valence-electron chi connectivity index (χ4n) is 1.85. The molecule has 23 heavy (non-hydrogen) atoms. The number of hydrogen-bond donors (Lipinski definition) is 2. The first-order chi connectivity index (χ1) is 11.0. The van der Waals surface area contributed by atoms with Gasteiger partial charge in [0.25, 0.3) is 0 Å². The van der Waals surface area contributed by atoms with Crippen molar-refractivity contribution in [2.75, 3.05) is 0 Å². The van der Waals surface area contributed by atoms with E-state index in [0.29, 0.717) is 30.1 Å². The van der Waals surface area contributed by atoms with Gasteiger partial charge >= 0.3 is 5.97 Å². The number of nitrogens with one attached hydrogen (secondary N) is 1. The van der Waals surface area contributed by atoms with Crippen LogP contribution < -0.4 is 5.32 Å². The molecular formula is C15H16FN3O4. The molecular weight excluding hydrogens is 305 g/mol. The van der Waals surface area contributed by atoms with Gasteiger partial charge in [0.15, 0.2) is 0 Å². The Bertz CT molecular complexity index is 684. The van der Waals surface area contributed by atoms with E-state index in [1.165, 1.54) is 19.1 Å². The minimum absolute atomic E-state index is 0.159. The molecule has 1 aromatic heterocycles. The number of amides is 1. The second-order valence-corrected chi connectivity index (χ2v) is 5.00. The zero-order valence-corrected chi connectivity index (χ0v) is 12.5. The second-order valence-electron chi connectivity index (χ2n) is 5.00. The predicted molar refractivity (Wildman–Crippen MR) is 77.9 cm³/mol. The highest BCUT2D eigenvalue weighted by molar-refractivity contribution is 5.83. The molecule has 0 saturated carbocycles. The molecule has 0 saturated heterocycles. The Hall–Kier alpha value is -2.77. The van der Waals surface area contributed by atoms with Crippen molar-refractivity contribution in [2.24, 2.45) is 0 Å². The van der Waals surface area contributed by atoms with Crippen LogP contribution in [0.2, 0.25) is 0 Å². The van der Waals surface area contributed by atoms with Crippen molar-refractivity contribution < 1.29 is 23.6 Å². The number of carbonyl (C=O) groups is 2. The molecule has 1 atom stereocenters. The van der Waals surface area contributed by atoms with Gasteiger partial charge in [-0.25, -0.2) is 4.39 Å². The maximum atomic E-state index is 12.9. The third-order valence-corrected chi connectivity index (χ3v) is 3.11. The number of aromatic nitrogens is 2. The molecule has 0 aliphatic heterocycles. The Balaban J connectivity index is 1.82. The van der Waals surface area contributed by atoms with E-state index >= 15 is 0 Å². The lowest BCUT2D eigenvalue weighted by atomic mass is 10.2. The maximum Gasteiger partial charge on any atom is 0.325 e. The fraction of sp³-hybridized carbons (Fsp3) is 0.333. The Labute approximate surface area is 131 Å². The maximum absolute atomic E-state index is 12.9. The molecule has 1 aromatic carbocycles. The molecule has 1 unspecified atom stereocenters. The van der Waals surface area contributed by atoms with E-state index < -0.39 is 12.0 Å². The first-order valence-corrected chi connectivity index (χ1v) is 7.06. The second kappa shape index (κ2) is 7.48. The highest BCUT2D eigenvalue weighted by Crippen LogP contribution is 2.16. The summed E-state index contributed by atoms with van der Waals surface area (Å²) < 4.78 is 17.9. The number of aryl methyl sites for hydroxylation is 1. The summed E-state index contributed by atoms with van der Waals surface area (Å²) in [6, 6.07) is 4.78. The average Bonchev–Trinajstić information content (AvgIpc) is 2.96. The van der Waals surface area contributed by atoms with E-state index in [0.717, 1.165) is 0 Å². The highest BCUT2D eigenvalue weighted by Gasteiger charge is 2.14. The average molecular weight is 321 g/mol. The van der Waals surface area contributed by atoms with Gasteiger partial charge in [0.05, 0.1) is 0 Å². The lowest BCUT2D eigenvalue weighted by Gasteiger charge is -2.08. The summed E-state index contributed by atoms with van der Waals surface area (Å²) in [6.07, 6.45) is 0.998. The van der Waals surface area contributed by atoms with Gasteiger partial charge in [-0.2, -0.15) is 4.98 Å². The molecule has 122 valence electrons. The van der Waals surface area contributed by atoms with Gasteiger partial charge < -0.3 is 14.9 Å². The van der Waals surface area contributed by atoms with Gasteiger partial charge in [-0.1, -0.05) is 5.16 Å². The number of carboxylic acid groups (broad SMARTS) is 1.